The normalized spacial score (nSPS) is 11.1. The Balaban J connectivity index is 2.66. The molecule has 0 heterocycles. The molecule has 0 spiro atoms. The topological polar surface area (TPSA) is 104 Å². The highest BCUT2D eigenvalue weighted by atomic mass is 32.2. The fraction of sp³-hybridized carbons (Fsp3) is 0.300. The van der Waals surface area contributed by atoms with Crippen molar-refractivity contribution in [1.82, 2.24) is 0 Å². The molecule has 6 nitrogen and oxygen atoms in total. The van der Waals surface area contributed by atoms with Crippen molar-refractivity contribution in [2.45, 2.75) is 13.0 Å². The number of carboxylic acids is 1. The van der Waals surface area contributed by atoms with Crippen molar-refractivity contribution < 1.29 is 23.4 Å². The van der Waals surface area contributed by atoms with Crippen LogP contribution in [0.2, 0.25) is 0 Å². The lowest BCUT2D eigenvalue weighted by atomic mass is 10.2. The Kier molecular flexibility index (Phi) is 4.47. The summed E-state index contributed by atoms with van der Waals surface area (Å²) < 4.78 is 25.1. The monoisotopic (exact) mass is 259 g/mol. The van der Waals surface area contributed by atoms with Crippen LogP contribution in [-0.2, 0) is 21.4 Å². The summed E-state index contributed by atoms with van der Waals surface area (Å²) in [5.74, 6) is -1.63. The van der Waals surface area contributed by atoms with Crippen LogP contribution >= 0.6 is 0 Å². The number of hydrogen-bond donors (Lipinski definition) is 3. The third-order valence-corrected chi connectivity index (χ3v) is 3.28. The maximum atomic E-state index is 11.4. The minimum Gasteiger partial charge on any atom is -0.481 e. The van der Waals surface area contributed by atoms with Crippen molar-refractivity contribution in [2.24, 2.45) is 0 Å². The quantitative estimate of drug-likeness (QED) is 0.685. The number of carbonyl (C=O) groups is 1. The molecule has 0 bridgehead atoms. The van der Waals surface area contributed by atoms with E-state index in [0.717, 1.165) is 0 Å². The molecule has 0 aromatic heterocycles. The summed E-state index contributed by atoms with van der Waals surface area (Å²) in [5.41, 5.74) is 1.01. The lowest BCUT2D eigenvalue weighted by Gasteiger charge is -2.07. The predicted molar refractivity (Wildman–Crippen MR) is 62.0 cm³/mol. The molecule has 3 N–H and O–H groups in total. The van der Waals surface area contributed by atoms with Crippen LogP contribution in [0.1, 0.15) is 12.0 Å². The van der Waals surface area contributed by atoms with Crippen molar-refractivity contribution in [3.8, 4) is 0 Å². The van der Waals surface area contributed by atoms with Crippen LogP contribution in [0.5, 0.6) is 0 Å². The van der Waals surface area contributed by atoms with Crippen LogP contribution in [0.15, 0.2) is 24.3 Å². The first-order chi connectivity index (χ1) is 7.93. The molecule has 0 amide bonds. The van der Waals surface area contributed by atoms with Crippen LogP contribution in [0.25, 0.3) is 0 Å². The number of carboxylic acid groups (broad SMARTS) is 1. The van der Waals surface area contributed by atoms with Crippen LogP contribution in [0, 0.1) is 0 Å². The highest BCUT2D eigenvalue weighted by Crippen LogP contribution is 2.11. The van der Waals surface area contributed by atoms with E-state index < -0.39 is 28.2 Å². The van der Waals surface area contributed by atoms with Crippen LogP contribution in [-0.4, -0.2) is 30.4 Å². The van der Waals surface area contributed by atoms with Gasteiger partial charge in [-0.05, 0) is 17.7 Å². The van der Waals surface area contributed by atoms with Gasteiger partial charge in [-0.25, -0.2) is 8.42 Å². The molecule has 1 rings (SSSR count). The number of anilines is 1. The summed E-state index contributed by atoms with van der Waals surface area (Å²) in [6, 6.07) is 6.16. The zero-order valence-corrected chi connectivity index (χ0v) is 9.77. The molecule has 0 aliphatic rings. The molecule has 0 aliphatic heterocycles. The maximum Gasteiger partial charge on any atom is 0.304 e. The number of rotatable bonds is 6. The predicted octanol–water partition coefficient (Wildman–Crippen LogP) is 0.395. The van der Waals surface area contributed by atoms with E-state index in [2.05, 4.69) is 4.72 Å². The number of nitrogens with one attached hydrogen (secondary N) is 1. The van der Waals surface area contributed by atoms with Gasteiger partial charge in [0.05, 0.1) is 18.8 Å². The number of hydrogen-bond acceptors (Lipinski definition) is 4. The number of aliphatic hydroxyl groups is 1. The molecule has 0 atom stereocenters. The van der Waals surface area contributed by atoms with E-state index in [0.29, 0.717) is 11.3 Å². The fourth-order valence-corrected chi connectivity index (χ4v) is 2.17. The van der Waals surface area contributed by atoms with Gasteiger partial charge in [0.15, 0.2) is 0 Å². The van der Waals surface area contributed by atoms with Crippen LogP contribution in [0.3, 0.4) is 0 Å². The smallest absolute Gasteiger partial charge is 0.304 e. The maximum absolute atomic E-state index is 11.4. The Bertz CT molecular complexity index is 480. The zero-order chi connectivity index (χ0) is 12.9. The molecule has 0 saturated carbocycles. The summed E-state index contributed by atoms with van der Waals surface area (Å²) in [5, 5.41) is 17.2. The van der Waals surface area contributed by atoms with Crippen molar-refractivity contribution in [3.63, 3.8) is 0 Å². The molecule has 0 saturated heterocycles. The fourth-order valence-electron chi connectivity index (χ4n) is 1.13. The molecule has 17 heavy (non-hydrogen) atoms. The van der Waals surface area contributed by atoms with Crippen molar-refractivity contribution in [1.29, 1.82) is 0 Å². The van der Waals surface area contributed by atoms with Crippen molar-refractivity contribution >= 4 is 21.7 Å². The summed E-state index contributed by atoms with van der Waals surface area (Å²) in [6.45, 7) is -0.119. The molecular weight excluding hydrogens is 246 g/mol. The highest BCUT2D eigenvalue weighted by molar-refractivity contribution is 7.92. The standard InChI is InChI=1S/C10H13NO5S/c12-7-8-1-3-9(4-2-8)11-17(15,16)6-5-10(13)14/h1-4,11-12H,5-7H2,(H,13,14). The Hall–Kier alpha value is -1.60. The molecular formula is C10H13NO5S. The van der Waals surface area contributed by atoms with Gasteiger partial charge in [-0.1, -0.05) is 12.1 Å². The van der Waals surface area contributed by atoms with Gasteiger partial charge in [0.2, 0.25) is 10.0 Å². The summed E-state index contributed by atoms with van der Waals surface area (Å²) >= 11 is 0. The average Bonchev–Trinajstić information content (AvgIpc) is 2.27. The van der Waals surface area contributed by atoms with E-state index in [1.165, 1.54) is 12.1 Å². The number of benzene rings is 1. The van der Waals surface area contributed by atoms with Crippen LogP contribution < -0.4 is 4.72 Å². The van der Waals surface area contributed by atoms with Crippen molar-refractivity contribution in [2.75, 3.05) is 10.5 Å². The van der Waals surface area contributed by atoms with Gasteiger partial charge in [-0.3, -0.25) is 9.52 Å². The van der Waals surface area contributed by atoms with E-state index in [4.69, 9.17) is 10.2 Å². The second-order valence-corrected chi connectivity index (χ2v) is 5.26. The molecule has 1 aromatic carbocycles. The van der Waals surface area contributed by atoms with Gasteiger partial charge in [0, 0.05) is 5.69 Å². The van der Waals surface area contributed by atoms with Gasteiger partial charge < -0.3 is 10.2 Å². The summed E-state index contributed by atoms with van der Waals surface area (Å²) in [4.78, 5) is 10.3. The minimum atomic E-state index is -3.64. The first-order valence-electron chi connectivity index (χ1n) is 4.85. The van der Waals surface area contributed by atoms with Gasteiger partial charge in [0.1, 0.15) is 0 Å². The van der Waals surface area contributed by atoms with E-state index in [1.54, 1.807) is 12.1 Å². The summed E-state index contributed by atoms with van der Waals surface area (Å²) in [6.07, 6.45) is -0.440. The van der Waals surface area contributed by atoms with Crippen LogP contribution in [0.4, 0.5) is 5.69 Å². The Morgan fingerprint density at radius 2 is 1.82 bits per heavy atom. The first kappa shape index (κ1) is 13.5. The molecule has 0 unspecified atom stereocenters. The average molecular weight is 259 g/mol. The van der Waals surface area contributed by atoms with E-state index in [9.17, 15) is 13.2 Å². The van der Waals surface area contributed by atoms with Gasteiger partial charge in [0.25, 0.3) is 0 Å². The highest BCUT2D eigenvalue weighted by Gasteiger charge is 2.12. The molecule has 7 heteroatoms. The third-order valence-electron chi connectivity index (χ3n) is 1.99. The Morgan fingerprint density at radius 1 is 1.24 bits per heavy atom. The lowest BCUT2D eigenvalue weighted by Crippen LogP contribution is -2.18. The van der Waals surface area contributed by atoms with Gasteiger partial charge in [-0.2, -0.15) is 0 Å². The van der Waals surface area contributed by atoms with E-state index >= 15 is 0 Å². The summed E-state index contributed by atoms with van der Waals surface area (Å²) in [7, 11) is -3.64. The molecule has 94 valence electrons. The Morgan fingerprint density at radius 3 is 2.29 bits per heavy atom. The molecule has 0 aliphatic carbocycles. The second-order valence-electron chi connectivity index (χ2n) is 3.42. The van der Waals surface area contributed by atoms with Gasteiger partial charge in [-0.15, -0.1) is 0 Å². The Labute approximate surface area is 99.0 Å². The number of aliphatic hydroxyl groups excluding tert-OH is 1. The SMILES string of the molecule is O=C(O)CCS(=O)(=O)Nc1ccc(CO)cc1. The number of sulfonamides is 1. The van der Waals surface area contributed by atoms with Gasteiger partial charge >= 0.3 is 5.97 Å². The molecule has 1 aromatic rings. The van der Waals surface area contributed by atoms with E-state index in [1.807, 2.05) is 0 Å². The third kappa shape index (κ3) is 4.83. The van der Waals surface area contributed by atoms with Crippen molar-refractivity contribution in [3.05, 3.63) is 29.8 Å². The lowest BCUT2D eigenvalue weighted by molar-refractivity contribution is -0.136. The molecule has 0 radical (unpaired) electrons. The van der Waals surface area contributed by atoms with E-state index in [-0.39, 0.29) is 6.61 Å². The zero-order valence-electron chi connectivity index (χ0n) is 8.96. The number of aliphatic carboxylic acids is 1. The molecule has 0 fully saturated rings. The largest absolute Gasteiger partial charge is 0.481 e. The first-order valence-corrected chi connectivity index (χ1v) is 6.50. The minimum absolute atomic E-state index is 0.119. The second kappa shape index (κ2) is 5.65.